The number of carbonyl (C=O) groups is 1. The van der Waals surface area contributed by atoms with Gasteiger partial charge in [-0.1, -0.05) is 12.1 Å². The Kier molecular flexibility index (Phi) is 5.50. The lowest BCUT2D eigenvalue weighted by Crippen LogP contribution is -2.45. The normalized spacial score (nSPS) is 18.5. The third-order valence-electron chi connectivity index (χ3n) is 4.72. The average molecular weight is 341 g/mol. The molecule has 0 aliphatic carbocycles. The predicted molar refractivity (Wildman–Crippen MR) is 98.5 cm³/mol. The summed E-state index contributed by atoms with van der Waals surface area (Å²) in [6.45, 7) is 7.98. The summed E-state index contributed by atoms with van der Waals surface area (Å²) in [5, 5.41) is 10.6. The molecule has 2 N–H and O–H groups in total. The minimum absolute atomic E-state index is 0.0462. The Morgan fingerprint density at radius 1 is 1.40 bits per heavy atom. The van der Waals surface area contributed by atoms with Crippen LogP contribution >= 0.6 is 0 Å². The van der Waals surface area contributed by atoms with Crippen molar-refractivity contribution in [3.05, 3.63) is 53.3 Å². The van der Waals surface area contributed by atoms with E-state index in [1.54, 1.807) is 7.05 Å². The molecule has 1 fully saturated rings. The van der Waals surface area contributed by atoms with Crippen LogP contribution in [0.2, 0.25) is 0 Å². The van der Waals surface area contributed by atoms with Gasteiger partial charge in [0.25, 0.3) is 5.91 Å². The van der Waals surface area contributed by atoms with Gasteiger partial charge in [-0.2, -0.15) is 5.10 Å². The van der Waals surface area contributed by atoms with Crippen LogP contribution in [0, 0.1) is 0 Å². The van der Waals surface area contributed by atoms with Gasteiger partial charge in [-0.15, -0.1) is 0 Å². The number of nitrogens with one attached hydrogen (secondary N) is 2. The fourth-order valence-corrected chi connectivity index (χ4v) is 3.44. The Morgan fingerprint density at radius 2 is 2.24 bits per heavy atom. The number of nitrogens with zero attached hydrogens (tertiary/aromatic N) is 3. The van der Waals surface area contributed by atoms with E-state index >= 15 is 0 Å². The molecule has 0 unspecified atom stereocenters. The molecule has 6 nitrogen and oxygen atoms in total. The van der Waals surface area contributed by atoms with Crippen molar-refractivity contribution in [1.82, 2.24) is 25.3 Å². The average Bonchev–Trinajstić information content (AvgIpc) is 3.10. The Bertz CT molecular complexity index is 724. The summed E-state index contributed by atoms with van der Waals surface area (Å²) < 4.78 is 2.08. The Morgan fingerprint density at radius 3 is 3.00 bits per heavy atom. The van der Waals surface area contributed by atoms with E-state index in [1.807, 2.05) is 24.4 Å². The zero-order valence-corrected chi connectivity index (χ0v) is 15.2. The number of aromatic nitrogens is 2. The molecule has 0 spiro atoms. The maximum Gasteiger partial charge on any atom is 0.251 e. The summed E-state index contributed by atoms with van der Waals surface area (Å²) in [6.07, 6.45) is 1.87. The van der Waals surface area contributed by atoms with Gasteiger partial charge in [0.05, 0.1) is 5.69 Å². The van der Waals surface area contributed by atoms with Crippen LogP contribution < -0.4 is 10.6 Å². The second kappa shape index (κ2) is 7.80. The topological polar surface area (TPSA) is 62.2 Å². The summed E-state index contributed by atoms with van der Waals surface area (Å²) in [5.74, 6) is -0.0462. The number of hydrogen-bond acceptors (Lipinski definition) is 4. The molecule has 0 radical (unpaired) electrons. The molecule has 2 aromatic rings. The number of hydrogen-bond donors (Lipinski definition) is 2. The molecule has 25 heavy (non-hydrogen) atoms. The van der Waals surface area contributed by atoms with Crippen molar-refractivity contribution in [3.8, 4) is 0 Å². The molecule has 134 valence electrons. The number of amides is 1. The van der Waals surface area contributed by atoms with Gasteiger partial charge in [0.15, 0.2) is 0 Å². The predicted octanol–water partition coefficient (Wildman–Crippen LogP) is 1.97. The summed E-state index contributed by atoms with van der Waals surface area (Å²) >= 11 is 0. The van der Waals surface area contributed by atoms with Crippen LogP contribution in [0.25, 0.3) is 0 Å². The van der Waals surface area contributed by atoms with Gasteiger partial charge in [-0.05, 0) is 37.6 Å². The lowest BCUT2D eigenvalue weighted by molar-refractivity contribution is 0.0962. The van der Waals surface area contributed by atoms with Crippen molar-refractivity contribution in [3.63, 3.8) is 0 Å². The van der Waals surface area contributed by atoms with E-state index in [2.05, 4.69) is 51.3 Å². The van der Waals surface area contributed by atoms with Crippen molar-refractivity contribution in [2.45, 2.75) is 32.5 Å². The largest absolute Gasteiger partial charge is 0.355 e. The zero-order chi connectivity index (χ0) is 17.8. The highest BCUT2D eigenvalue weighted by atomic mass is 16.1. The lowest BCUT2D eigenvalue weighted by atomic mass is 10.00. The Hall–Kier alpha value is -2.18. The lowest BCUT2D eigenvalue weighted by Gasteiger charge is -2.36. The molecule has 1 atom stereocenters. The first-order valence-electron chi connectivity index (χ1n) is 8.89. The highest BCUT2D eigenvalue weighted by molar-refractivity contribution is 5.94. The Balaban J connectivity index is 1.84. The van der Waals surface area contributed by atoms with Crippen LogP contribution in [-0.4, -0.2) is 47.3 Å². The molecule has 1 aliphatic rings. The summed E-state index contributed by atoms with van der Waals surface area (Å²) in [6, 6.07) is 10.6. The maximum absolute atomic E-state index is 12.0. The van der Waals surface area contributed by atoms with Crippen molar-refractivity contribution in [2.24, 2.45) is 0 Å². The SMILES string of the molecule is CNC(=O)c1cccc([C@@H]2CNCCN2Cc2ccnn2C(C)C)c1. The highest BCUT2D eigenvalue weighted by Gasteiger charge is 2.25. The van der Waals surface area contributed by atoms with Gasteiger partial charge in [0, 0.05) is 57.1 Å². The molecule has 1 aliphatic heterocycles. The van der Waals surface area contributed by atoms with Crippen molar-refractivity contribution < 1.29 is 4.79 Å². The zero-order valence-electron chi connectivity index (χ0n) is 15.2. The van der Waals surface area contributed by atoms with Gasteiger partial charge < -0.3 is 10.6 Å². The molecule has 1 amide bonds. The van der Waals surface area contributed by atoms with Gasteiger partial charge in [-0.3, -0.25) is 14.4 Å². The van der Waals surface area contributed by atoms with Crippen LogP contribution in [0.4, 0.5) is 0 Å². The first-order chi connectivity index (χ1) is 12.1. The quantitative estimate of drug-likeness (QED) is 0.873. The molecule has 2 heterocycles. The van der Waals surface area contributed by atoms with E-state index in [0.717, 1.165) is 26.2 Å². The van der Waals surface area contributed by atoms with E-state index < -0.39 is 0 Å². The molecule has 1 aromatic heterocycles. The van der Waals surface area contributed by atoms with E-state index in [4.69, 9.17) is 0 Å². The second-order valence-corrected chi connectivity index (χ2v) is 6.76. The van der Waals surface area contributed by atoms with Gasteiger partial charge in [-0.25, -0.2) is 0 Å². The van der Waals surface area contributed by atoms with Gasteiger partial charge >= 0.3 is 0 Å². The first kappa shape index (κ1) is 17.6. The van der Waals surface area contributed by atoms with Gasteiger partial charge in [0.2, 0.25) is 0 Å². The van der Waals surface area contributed by atoms with Crippen LogP contribution in [0.5, 0.6) is 0 Å². The van der Waals surface area contributed by atoms with Crippen LogP contribution in [0.3, 0.4) is 0 Å². The van der Waals surface area contributed by atoms with Gasteiger partial charge in [0.1, 0.15) is 0 Å². The molecular formula is C19H27N5O. The monoisotopic (exact) mass is 341 g/mol. The number of rotatable bonds is 5. The molecular weight excluding hydrogens is 314 g/mol. The minimum atomic E-state index is -0.0462. The molecule has 0 saturated carbocycles. The van der Waals surface area contributed by atoms with E-state index in [1.165, 1.54) is 11.3 Å². The number of piperazine rings is 1. The summed E-state index contributed by atoms with van der Waals surface area (Å²) in [7, 11) is 1.66. The number of benzene rings is 1. The number of carbonyl (C=O) groups excluding carboxylic acids is 1. The fraction of sp³-hybridized carbons (Fsp3) is 0.474. The molecule has 0 bridgehead atoms. The minimum Gasteiger partial charge on any atom is -0.355 e. The maximum atomic E-state index is 12.0. The molecule has 6 heteroatoms. The fourth-order valence-electron chi connectivity index (χ4n) is 3.44. The van der Waals surface area contributed by atoms with Crippen LogP contribution in [0.15, 0.2) is 36.5 Å². The third-order valence-corrected chi connectivity index (χ3v) is 4.72. The molecule has 3 rings (SSSR count). The van der Waals surface area contributed by atoms with Crippen molar-refractivity contribution >= 4 is 5.91 Å². The molecule has 1 aromatic carbocycles. The summed E-state index contributed by atoms with van der Waals surface area (Å²) in [5.41, 5.74) is 3.10. The third kappa shape index (κ3) is 3.91. The standard InChI is InChI=1S/C19H27N5O/c1-14(2)24-17(7-8-22-24)13-23-10-9-21-12-18(23)15-5-4-6-16(11-15)19(25)20-3/h4-8,11,14,18,21H,9-10,12-13H2,1-3H3,(H,20,25)/t18-/m0/s1. The van der Waals surface area contributed by atoms with E-state index in [9.17, 15) is 4.79 Å². The van der Waals surface area contributed by atoms with E-state index in [0.29, 0.717) is 11.6 Å². The van der Waals surface area contributed by atoms with Crippen molar-refractivity contribution in [2.75, 3.05) is 26.7 Å². The van der Waals surface area contributed by atoms with E-state index in [-0.39, 0.29) is 11.9 Å². The highest BCUT2D eigenvalue weighted by Crippen LogP contribution is 2.25. The first-order valence-corrected chi connectivity index (χ1v) is 8.89. The van der Waals surface area contributed by atoms with Crippen LogP contribution in [0.1, 0.15) is 47.5 Å². The van der Waals surface area contributed by atoms with Crippen LogP contribution in [-0.2, 0) is 6.54 Å². The Labute approximate surface area is 149 Å². The smallest absolute Gasteiger partial charge is 0.251 e. The molecule has 1 saturated heterocycles. The summed E-state index contributed by atoms with van der Waals surface area (Å²) in [4.78, 5) is 14.4. The second-order valence-electron chi connectivity index (χ2n) is 6.76. The van der Waals surface area contributed by atoms with Crippen molar-refractivity contribution in [1.29, 1.82) is 0 Å².